The minimum atomic E-state index is 0.626. The Hall–Kier alpha value is 0. The Morgan fingerprint density at radius 2 is 1.50 bits per heavy atom. The Bertz CT molecular complexity index is 564. The van der Waals surface area contributed by atoms with E-state index in [2.05, 4.69) is 27.7 Å². The second-order valence-corrected chi connectivity index (χ2v) is 12.3. The lowest BCUT2D eigenvalue weighted by molar-refractivity contribution is -0.220. The Morgan fingerprint density at radius 1 is 0.654 bits per heavy atom. The summed E-state index contributed by atoms with van der Waals surface area (Å²) in [6, 6.07) is 0. The first-order valence-electron chi connectivity index (χ1n) is 12.4. The van der Waals surface area contributed by atoms with Gasteiger partial charge in [0, 0.05) is 0 Å². The van der Waals surface area contributed by atoms with E-state index in [0.29, 0.717) is 16.2 Å². The van der Waals surface area contributed by atoms with Crippen molar-refractivity contribution in [3.63, 3.8) is 0 Å². The van der Waals surface area contributed by atoms with Crippen molar-refractivity contribution >= 4 is 0 Å². The molecule has 0 spiro atoms. The summed E-state index contributed by atoms with van der Waals surface area (Å²) >= 11 is 0. The highest BCUT2D eigenvalue weighted by Gasteiger charge is 2.67. The molecule has 5 fully saturated rings. The number of rotatable bonds is 1. The van der Waals surface area contributed by atoms with Crippen molar-refractivity contribution in [3.8, 4) is 0 Å². The number of hydrogen-bond donors (Lipinski definition) is 0. The largest absolute Gasteiger partial charge is 0.0648 e. The van der Waals surface area contributed by atoms with E-state index in [9.17, 15) is 0 Å². The highest BCUT2D eigenvalue weighted by Crippen LogP contribution is 2.75. The van der Waals surface area contributed by atoms with Crippen LogP contribution in [0.25, 0.3) is 0 Å². The summed E-state index contributed by atoms with van der Waals surface area (Å²) < 4.78 is 0. The Morgan fingerprint density at radius 3 is 2.31 bits per heavy atom. The lowest BCUT2D eigenvalue weighted by atomic mass is 9.34. The van der Waals surface area contributed by atoms with Crippen LogP contribution in [0.4, 0.5) is 0 Å². The molecule has 0 nitrogen and oxygen atoms in total. The molecule has 5 unspecified atom stereocenters. The fourth-order valence-electron chi connectivity index (χ4n) is 10.5. The van der Waals surface area contributed by atoms with Gasteiger partial charge in [0.25, 0.3) is 0 Å². The van der Waals surface area contributed by atoms with Gasteiger partial charge < -0.3 is 0 Å². The Kier molecular flexibility index (Phi) is 4.00. The molecule has 0 radical (unpaired) electrons. The molecule has 8 atom stereocenters. The molecule has 5 aliphatic rings. The minimum absolute atomic E-state index is 0.626. The van der Waals surface area contributed by atoms with E-state index in [1.54, 1.807) is 64.2 Å². The molecule has 5 saturated carbocycles. The predicted molar refractivity (Wildman–Crippen MR) is 111 cm³/mol. The third kappa shape index (κ3) is 2.03. The first-order chi connectivity index (χ1) is 12.4. The van der Waals surface area contributed by atoms with Crippen LogP contribution in [0.1, 0.15) is 118 Å². The van der Waals surface area contributed by atoms with Crippen molar-refractivity contribution in [2.24, 2.45) is 45.3 Å². The van der Waals surface area contributed by atoms with Gasteiger partial charge >= 0.3 is 0 Å². The van der Waals surface area contributed by atoms with Gasteiger partial charge in [-0.05, 0) is 110 Å². The number of hydrogen-bond acceptors (Lipinski definition) is 0. The maximum Gasteiger partial charge on any atom is -0.0235 e. The van der Waals surface area contributed by atoms with Crippen LogP contribution in [0.2, 0.25) is 0 Å². The average Bonchev–Trinajstić information content (AvgIpc) is 3.06. The Balaban J connectivity index is 1.53. The monoisotopic (exact) mass is 356 g/mol. The molecule has 5 rings (SSSR count). The zero-order valence-electron chi connectivity index (χ0n) is 18.2. The first-order valence-corrected chi connectivity index (χ1v) is 12.4. The highest BCUT2D eigenvalue weighted by molar-refractivity contribution is 5.16. The third-order valence-corrected chi connectivity index (χ3v) is 12.2. The van der Waals surface area contributed by atoms with Crippen LogP contribution >= 0.6 is 0 Å². The van der Waals surface area contributed by atoms with Gasteiger partial charge in [-0.3, -0.25) is 0 Å². The highest BCUT2D eigenvalue weighted by atomic mass is 14.7. The van der Waals surface area contributed by atoms with Crippen LogP contribution in [0.15, 0.2) is 0 Å². The molecule has 0 bridgehead atoms. The Labute approximate surface area is 163 Å². The smallest absolute Gasteiger partial charge is 0.0235 e. The van der Waals surface area contributed by atoms with Crippen molar-refractivity contribution in [1.82, 2.24) is 0 Å². The maximum absolute atomic E-state index is 2.80. The number of fused-ring (bicyclic) bond motifs is 7. The van der Waals surface area contributed by atoms with Gasteiger partial charge in [0.1, 0.15) is 0 Å². The van der Waals surface area contributed by atoms with E-state index < -0.39 is 0 Å². The molecular formula is C26H44. The summed E-state index contributed by atoms with van der Waals surface area (Å²) in [5.74, 6) is 4.19. The zero-order chi connectivity index (χ0) is 18.2. The van der Waals surface area contributed by atoms with Crippen molar-refractivity contribution in [2.75, 3.05) is 0 Å². The minimum Gasteiger partial charge on any atom is -0.0648 e. The molecule has 0 saturated heterocycles. The standard InChI is InChI=1S/C26H44/c1-5-26-15-8-10-21(26)20-11-12-22-23(2)14-7-6-9-19(23)13-16-25(22,4)24(20,3)17-18-26/h19-22H,5-18H2,1-4H3/t19?,20?,21?,22?,23-,24+,25+,26?/m0/s1. The van der Waals surface area contributed by atoms with Crippen molar-refractivity contribution in [1.29, 1.82) is 0 Å². The average molecular weight is 357 g/mol. The molecule has 5 aliphatic carbocycles. The van der Waals surface area contributed by atoms with Crippen LogP contribution in [0.3, 0.4) is 0 Å². The second kappa shape index (κ2) is 5.76. The van der Waals surface area contributed by atoms with E-state index in [4.69, 9.17) is 0 Å². The fourth-order valence-corrected chi connectivity index (χ4v) is 10.5. The van der Waals surface area contributed by atoms with E-state index >= 15 is 0 Å². The first kappa shape index (κ1) is 18.1. The fraction of sp³-hybridized carbons (Fsp3) is 1.00. The molecule has 0 aromatic rings. The van der Waals surface area contributed by atoms with Crippen LogP contribution in [-0.4, -0.2) is 0 Å². The van der Waals surface area contributed by atoms with Gasteiger partial charge in [0.05, 0.1) is 0 Å². The molecule has 148 valence electrons. The van der Waals surface area contributed by atoms with E-state index in [1.165, 1.54) is 25.7 Å². The molecule has 0 aliphatic heterocycles. The molecule has 0 N–H and O–H groups in total. The second-order valence-electron chi connectivity index (χ2n) is 12.3. The molecule has 0 heteroatoms. The van der Waals surface area contributed by atoms with E-state index in [1.807, 2.05) is 0 Å². The summed E-state index contributed by atoms with van der Waals surface area (Å²) in [5.41, 5.74) is 2.68. The van der Waals surface area contributed by atoms with Crippen LogP contribution in [-0.2, 0) is 0 Å². The van der Waals surface area contributed by atoms with Crippen LogP contribution in [0.5, 0.6) is 0 Å². The summed E-state index contributed by atoms with van der Waals surface area (Å²) in [5, 5.41) is 0. The third-order valence-electron chi connectivity index (χ3n) is 12.2. The molecule has 26 heavy (non-hydrogen) atoms. The summed E-state index contributed by atoms with van der Waals surface area (Å²) in [6.07, 6.45) is 21.6. The van der Waals surface area contributed by atoms with Gasteiger partial charge in [0.15, 0.2) is 0 Å². The summed E-state index contributed by atoms with van der Waals surface area (Å²) in [7, 11) is 0. The van der Waals surface area contributed by atoms with Crippen LogP contribution in [0, 0.1) is 45.3 Å². The van der Waals surface area contributed by atoms with E-state index in [0.717, 1.165) is 29.1 Å². The van der Waals surface area contributed by atoms with E-state index in [-0.39, 0.29) is 0 Å². The molecular weight excluding hydrogens is 312 g/mol. The van der Waals surface area contributed by atoms with Gasteiger partial charge in [-0.2, -0.15) is 0 Å². The predicted octanol–water partition coefficient (Wildman–Crippen LogP) is 8.01. The quantitative estimate of drug-likeness (QED) is 0.446. The van der Waals surface area contributed by atoms with Gasteiger partial charge in [-0.1, -0.05) is 53.4 Å². The topological polar surface area (TPSA) is 0 Å². The SMILES string of the molecule is CCC12CCCC1C1CCC3[C@@]4(C)CCCCC4CC[C@@]3(C)[C@]1(C)CC2. The molecule has 0 aromatic heterocycles. The summed E-state index contributed by atoms with van der Waals surface area (Å²) in [4.78, 5) is 0. The normalized spacial score (nSPS) is 59.1. The molecule has 0 amide bonds. The summed E-state index contributed by atoms with van der Waals surface area (Å²) in [6.45, 7) is 10.9. The molecule has 0 heterocycles. The lowest BCUT2D eigenvalue weighted by Crippen LogP contribution is -2.63. The van der Waals surface area contributed by atoms with Crippen molar-refractivity contribution in [2.45, 2.75) is 118 Å². The van der Waals surface area contributed by atoms with Crippen LogP contribution < -0.4 is 0 Å². The maximum atomic E-state index is 2.80. The van der Waals surface area contributed by atoms with Crippen molar-refractivity contribution in [3.05, 3.63) is 0 Å². The molecule has 0 aromatic carbocycles. The van der Waals surface area contributed by atoms with Gasteiger partial charge in [-0.15, -0.1) is 0 Å². The van der Waals surface area contributed by atoms with Crippen molar-refractivity contribution < 1.29 is 0 Å². The van der Waals surface area contributed by atoms with Gasteiger partial charge in [-0.25, -0.2) is 0 Å². The zero-order valence-corrected chi connectivity index (χ0v) is 18.2. The van der Waals surface area contributed by atoms with Gasteiger partial charge in [0.2, 0.25) is 0 Å². The lowest BCUT2D eigenvalue weighted by Gasteiger charge is -2.71.